The predicted octanol–water partition coefficient (Wildman–Crippen LogP) is 1.49. The van der Waals surface area contributed by atoms with Gasteiger partial charge in [0, 0.05) is 25.7 Å². The molecule has 2 fully saturated rings. The van der Waals surface area contributed by atoms with Gasteiger partial charge in [-0.05, 0) is 39.2 Å². The Kier molecular flexibility index (Phi) is 3.88. The van der Waals surface area contributed by atoms with E-state index in [-0.39, 0.29) is 5.60 Å². The van der Waals surface area contributed by atoms with Crippen LogP contribution in [-0.2, 0) is 4.74 Å². The topological polar surface area (TPSA) is 24.5 Å². The van der Waals surface area contributed by atoms with Crippen molar-refractivity contribution < 1.29 is 4.74 Å². The Labute approximate surface area is 99.5 Å². The minimum atomic E-state index is 0.0402. The molecule has 0 aromatic rings. The first-order chi connectivity index (χ1) is 7.55. The van der Waals surface area contributed by atoms with Crippen LogP contribution >= 0.6 is 0 Å². The van der Waals surface area contributed by atoms with Crippen molar-refractivity contribution in [3.63, 3.8) is 0 Å². The van der Waals surface area contributed by atoms with E-state index in [9.17, 15) is 0 Å². The number of rotatable bonds is 2. The van der Waals surface area contributed by atoms with Crippen LogP contribution in [0.1, 0.15) is 33.6 Å². The molecule has 0 radical (unpaired) electrons. The maximum Gasteiger partial charge on any atom is 0.0753 e. The van der Waals surface area contributed by atoms with Gasteiger partial charge in [0.2, 0.25) is 0 Å². The van der Waals surface area contributed by atoms with E-state index in [2.05, 4.69) is 31.0 Å². The minimum Gasteiger partial charge on any atom is -0.373 e. The quantitative estimate of drug-likeness (QED) is 0.772. The van der Waals surface area contributed by atoms with Crippen molar-refractivity contribution >= 4 is 0 Å². The lowest BCUT2D eigenvalue weighted by molar-refractivity contribution is -0.0882. The number of hydrogen-bond acceptors (Lipinski definition) is 3. The molecule has 2 aliphatic heterocycles. The lowest BCUT2D eigenvalue weighted by atomic mass is 9.93. The van der Waals surface area contributed by atoms with Gasteiger partial charge in [-0.15, -0.1) is 0 Å². The Bertz CT molecular complexity index is 230. The van der Waals surface area contributed by atoms with Gasteiger partial charge in [0.25, 0.3) is 0 Å². The highest BCUT2D eigenvalue weighted by Crippen LogP contribution is 2.20. The third-order valence-corrected chi connectivity index (χ3v) is 3.74. The van der Waals surface area contributed by atoms with E-state index in [0.29, 0.717) is 6.04 Å². The van der Waals surface area contributed by atoms with Crippen LogP contribution in [0.5, 0.6) is 0 Å². The van der Waals surface area contributed by atoms with Gasteiger partial charge >= 0.3 is 0 Å². The number of ether oxygens (including phenoxy) is 1. The van der Waals surface area contributed by atoms with Crippen LogP contribution in [0.4, 0.5) is 0 Å². The fraction of sp³-hybridized carbons (Fsp3) is 1.00. The fourth-order valence-electron chi connectivity index (χ4n) is 2.94. The second-order valence-corrected chi connectivity index (χ2v) is 6.12. The van der Waals surface area contributed by atoms with Crippen LogP contribution in [0, 0.1) is 5.92 Å². The summed E-state index contributed by atoms with van der Waals surface area (Å²) in [4.78, 5) is 2.55. The molecule has 94 valence electrons. The summed E-state index contributed by atoms with van der Waals surface area (Å²) in [6.45, 7) is 12.2. The SMILES string of the molecule is CC1CCNC(CN2CCOC(C)(C)C2)C1. The van der Waals surface area contributed by atoms with Crippen LogP contribution < -0.4 is 5.32 Å². The van der Waals surface area contributed by atoms with Crippen molar-refractivity contribution in [3.8, 4) is 0 Å². The molecule has 0 aromatic heterocycles. The van der Waals surface area contributed by atoms with Gasteiger partial charge in [-0.25, -0.2) is 0 Å². The number of hydrogen-bond donors (Lipinski definition) is 1. The molecule has 2 atom stereocenters. The lowest BCUT2D eigenvalue weighted by Crippen LogP contribution is -2.53. The van der Waals surface area contributed by atoms with Gasteiger partial charge in [0.1, 0.15) is 0 Å². The summed E-state index contributed by atoms with van der Waals surface area (Å²) in [6.07, 6.45) is 2.67. The summed E-state index contributed by atoms with van der Waals surface area (Å²) in [7, 11) is 0. The van der Waals surface area contributed by atoms with Crippen molar-refractivity contribution in [2.24, 2.45) is 5.92 Å². The molecule has 2 unspecified atom stereocenters. The van der Waals surface area contributed by atoms with Gasteiger partial charge in [0.05, 0.1) is 12.2 Å². The number of piperidine rings is 1. The molecule has 0 spiro atoms. The highest BCUT2D eigenvalue weighted by molar-refractivity contribution is 4.84. The zero-order chi connectivity index (χ0) is 11.6. The lowest BCUT2D eigenvalue weighted by Gasteiger charge is -2.41. The molecule has 0 saturated carbocycles. The normalized spacial score (nSPS) is 36.2. The van der Waals surface area contributed by atoms with Crippen LogP contribution in [-0.4, -0.2) is 49.3 Å². The summed E-state index contributed by atoms with van der Waals surface area (Å²) in [6, 6.07) is 0.692. The molecular formula is C13H26N2O. The molecular weight excluding hydrogens is 200 g/mol. The van der Waals surface area contributed by atoms with Gasteiger partial charge in [-0.2, -0.15) is 0 Å². The summed E-state index contributed by atoms with van der Waals surface area (Å²) >= 11 is 0. The summed E-state index contributed by atoms with van der Waals surface area (Å²) in [5.41, 5.74) is 0.0402. The minimum absolute atomic E-state index is 0.0402. The fourth-order valence-corrected chi connectivity index (χ4v) is 2.94. The summed E-state index contributed by atoms with van der Waals surface area (Å²) in [5.74, 6) is 0.889. The molecule has 2 aliphatic rings. The first kappa shape index (κ1) is 12.3. The van der Waals surface area contributed by atoms with Gasteiger partial charge < -0.3 is 10.1 Å². The Balaban J connectivity index is 1.80. The Morgan fingerprint density at radius 1 is 1.44 bits per heavy atom. The predicted molar refractivity (Wildman–Crippen MR) is 66.7 cm³/mol. The van der Waals surface area contributed by atoms with Gasteiger partial charge in [0.15, 0.2) is 0 Å². The van der Waals surface area contributed by atoms with Crippen molar-refractivity contribution in [2.75, 3.05) is 32.8 Å². The first-order valence-electron chi connectivity index (χ1n) is 6.65. The van der Waals surface area contributed by atoms with Crippen molar-refractivity contribution in [2.45, 2.75) is 45.3 Å². The molecule has 0 bridgehead atoms. The number of nitrogens with zero attached hydrogens (tertiary/aromatic N) is 1. The van der Waals surface area contributed by atoms with Gasteiger partial charge in [-0.3, -0.25) is 4.90 Å². The summed E-state index contributed by atoms with van der Waals surface area (Å²) in [5, 5.41) is 3.64. The molecule has 2 rings (SSSR count). The largest absolute Gasteiger partial charge is 0.373 e. The van der Waals surface area contributed by atoms with E-state index in [4.69, 9.17) is 4.74 Å². The van der Waals surface area contributed by atoms with Crippen molar-refractivity contribution in [3.05, 3.63) is 0 Å². The Hall–Kier alpha value is -0.120. The smallest absolute Gasteiger partial charge is 0.0753 e. The standard InChI is InChI=1S/C13H26N2O/c1-11-4-5-14-12(8-11)9-15-6-7-16-13(2,3)10-15/h11-12,14H,4-10H2,1-3H3. The van der Waals surface area contributed by atoms with Crippen LogP contribution in [0.2, 0.25) is 0 Å². The van der Waals surface area contributed by atoms with Crippen LogP contribution in [0.15, 0.2) is 0 Å². The third kappa shape index (κ3) is 3.44. The van der Waals surface area contributed by atoms with Crippen molar-refractivity contribution in [1.29, 1.82) is 0 Å². The second kappa shape index (κ2) is 5.03. The maximum atomic E-state index is 5.74. The molecule has 0 aromatic carbocycles. The Morgan fingerprint density at radius 2 is 2.25 bits per heavy atom. The van der Waals surface area contributed by atoms with E-state index in [1.165, 1.54) is 25.9 Å². The highest BCUT2D eigenvalue weighted by Gasteiger charge is 2.29. The molecule has 2 saturated heterocycles. The molecule has 3 nitrogen and oxygen atoms in total. The molecule has 2 heterocycles. The van der Waals surface area contributed by atoms with Crippen LogP contribution in [0.25, 0.3) is 0 Å². The molecule has 1 N–H and O–H groups in total. The van der Waals surface area contributed by atoms with Crippen molar-refractivity contribution in [1.82, 2.24) is 10.2 Å². The molecule has 0 amide bonds. The molecule has 3 heteroatoms. The average Bonchev–Trinajstić information content (AvgIpc) is 2.15. The van der Waals surface area contributed by atoms with Crippen LogP contribution in [0.3, 0.4) is 0 Å². The maximum absolute atomic E-state index is 5.74. The van der Waals surface area contributed by atoms with E-state index in [0.717, 1.165) is 25.6 Å². The third-order valence-electron chi connectivity index (χ3n) is 3.74. The number of nitrogens with one attached hydrogen (secondary N) is 1. The Morgan fingerprint density at radius 3 is 2.94 bits per heavy atom. The monoisotopic (exact) mass is 226 g/mol. The van der Waals surface area contributed by atoms with E-state index in [1.54, 1.807) is 0 Å². The van der Waals surface area contributed by atoms with E-state index >= 15 is 0 Å². The second-order valence-electron chi connectivity index (χ2n) is 6.12. The molecule has 0 aliphatic carbocycles. The zero-order valence-electron chi connectivity index (χ0n) is 11.0. The molecule has 16 heavy (non-hydrogen) atoms. The zero-order valence-corrected chi connectivity index (χ0v) is 11.0. The van der Waals surface area contributed by atoms with E-state index < -0.39 is 0 Å². The first-order valence-corrected chi connectivity index (χ1v) is 6.65. The number of morpholine rings is 1. The average molecular weight is 226 g/mol. The highest BCUT2D eigenvalue weighted by atomic mass is 16.5. The van der Waals surface area contributed by atoms with Gasteiger partial charge in [-0.1, -0.05) is 6.92 Å². The summed E-state index contributed by atoms with van der Waals surface area (Å²) < 4.78 is 5.74. The van der Waals surface area contributed by atoms with E-state index in [1.807, 2.05) is 0 Å².